The fourth-order valence-electron chi connectivity index (χ4n) is 2.89. The van der Waals surface area contributed by atoms with Gasteiger partial charge in [0.2, 0.25) is 15.9 Å². The molecule has 0 aliphatic heterocycles. The zero-order chi connectivity index (χ0) is 22.6. The van der Waals surface area contributed by atoms with Crippen molar-refractivity contribution in [3.63, 3.8) is 0 Å². The molecule has 0 spiro atoms. The zero-order valence-corrected chi connectivity index (χ0v) is 17.4. The van der Waals surface area contributed by atoms with Gasteiger partial charge < -0.3 is 10.4 Å². The fraction of sp³-hybridized carbons (Fsp3) is 0.200. The second-order valence-corrected chi connectivity index (χ2v) is 8.49. The molecule has 162 valence electrons. The third-order valence-electron chi connectivity index (χ3n) is 4.61. The van der Waals surface area contributed by atoms with E-state index in [1.54, 1.807) is 6.20 Å². The van der Waals surface area contributed by atoms with E-state index in [0.29, 0.717) is 11.3 Å². The summed E-state index contributed by atoms with van der Waals surface area (Å²) < 4.78 is 24.2. The molecule has 31 heavy (non-hydrogen) atoms. The quantitative estimate of drug-likeness (QED) is 0.468. The molecule has 1 heterocycles. The lowest BCUT2D eigenvalue weighted by atomic mass is 10.0. The molecule has 3 rings (SSSR count). The number of primary sulfonamides is 1. The lowest BCUT2D eigenvalue weighted by Gasteiger charge is -2.18. The third-order valence-corrected chi connectivity index (χ3v) is 5.54. The Morgan fingerprint density at radius 3 is 2.35 bits per heavy atom. The third kappa shape index (κ3) is 5.53. The summed E-state index contributed by atoms with van der Waals surface area (Å²) in [6.45, 7) is 1.37. The Balaban J connectivity index is 1.90. The number of hydrogen-bond acceptors (Lipinski definition) is 6. The van der Waals surface area contributed by atoms with Crippen molar-refractivity contribution in [2.45, 2.75) is 30.3 Å². The molecule has 11 heteroatoms. The van der Waals surface area contributed by atoms with E-state index in [2.05, 4.69) is 15.6 Å². The Hall–Kier alpha value is -3.57. The molecule has 0 bridgehead atoms. The van der Waals surface area contributed by atoms with Crippen molar-refractivity contribution in [2.75, 3.05) is 0 Å². The van der Waals surface area contributed by atoms with Crippen LogP contribution >= 0.6 is 0 Å². The number of aliphatic carboxylic acids is 1. The van der Waals surface area contributed by atoms with Crippen LogP contribution in [0.5, 0.6) is 0 Å². The molecule has 2 aromatic carbocycles. The van der Waals surface area contributed by atoms with Gasteiger partial charge >= 0.3 is 5.97 Å². The summed E-state index contributed by atoms with van der Waals surface area (Å²) in [4.78, 5) is 23.9. The van der Waals surface area contributed by atoms with Crippen LogP contribution in [0.1, 0.15) is 18.5 Å². The van der Waals surface area contributed by atoms with Crippen LogP contribution in [0.3, 0.4) is 0 Å². The molecular weight excluding hydrogens is 422 g/mol. The predicted octanol–water partition coefficient (Wildman–Crippen LogP) is 0.966. The molecule has 2 unspecified atom stereocenters. The van der Waals surface area contributed by atoms with Gasteiger partial charge in [-0.3, -0.25) is 9.59 Å². The highest BCUT2D eigenvalue weighted by atomic mass is 32.2. The number of carbonyl (C=O) groups excluding carboxylic acids is 1. The first-order valence-electron chi connectivity index (χ1n) is 9.27. The number of nitrogens with zero attached hydrogens (tertiary/aromatic N) is 3. The van der Waals surface area contributed by atoms with Crippen LogP contribution in [-0.4, -0.2) is 46.4 Å². The van der Waals surface area contributed by atoms with Gasteiger partial charge in [0.05, 0.1) is 11.1 Å². The zero-order valence-electron chi connectivity index (χ0n) is 16.5. The highest BCUT2D eigenvalue weighted by molar-refractivity contribution is 7.89. The van der Waals surface area contributed by atoms with Gasteiger partial charge in [-0.15, -0.1) is 5.10 Å². The molecule has 2 atom stereocenters. The van der Waals surface area contributed by atoms with Gasteiger partial charge in [-0.2, -0.15) is 0 Å². The second-order valence-electron chi connectivity index (χ2n) is 6.93. The van der Waals surface area contributed by atoms with Gasteiger partial charge in [0.15, 0.2) is 0 Å². The number of sulfonamides is 1. The van der Waals surface area contributed by atoms with Crippen molar-refractivity contribution in [3.8, 4) is 11.3 Å². The number of amides is 1. The van der Waals surface area contributed by atoms with Gasteiger partial charge in [-0.1, -0.05) is 47.7 Å². The molecule has 0 fully saturated rings. The number of nitrogens with one attached hydrogen (secondary N) is 1. The van der Waals surface area contributed by atoms with E-state index < -0.39 is 34.0 Å². The first-order chi connectivity index (χ1) is 14.6. The maximum atomic E-state index is 12.8. The Morgan fingerprint density at radius 2 is 1.77 bits per heavy atom. The maximum Gasteiger partial charge on any atom is 0.325 e. The Kier molecular flexibility index (Phi) is 6.47. The number of aromatic nitrogens is 3. The lowest BCUT2D eigenvalue weighted by Crippen LogP contribution is -2.43. The van der Waals surface area contributed by atoms with Crippen LogP contribution in [0.25, 0.3) is 11.3 Å². The molecule has 0 aliphatic carbocycles. The van der Waals surface area contributed by atoms with E-state index >= 15 is 0 Å². The average Bonchev–Trinajstić information content (AvgIpc) is 3.22. The topological polar surface area (TPSA) is 157 Å². The molecule has 0 aliphatic rings. The molecule has 10 nitrogen and oxygen atoms in total. The van der Waals surface area contributed by atoms with Crippen molar-refractivity contribution in [3.05, 3.63) is 66.4 Å². The second kappa shape index (κ2) is 9.06. The molecule has 0 saturated heterocycles. The Labute approximate surface area is 178 Å². The van der Waals surface area contributed by atoms with Crippen LogP contribution in [0.2, 0.25) is 0 Å². The summed E-state index contributed by atoms with van der Waals surface area (Å²) >= 11 is 0. The van der Waals surface area contributed by atoms with Crippen LogP contribution in [0.15, 0.2) is 65.7 Å². The highest BCUT2D eigenvalue weighted by Crippen LogP contribution is 2.21. The molecule has 4 N–H and O–H groups in total. The van der Waals surface area contributed by atoms with Crippen molar-refractivity contribution >= 4 is 21.9 Å². The smallest absolute Gasteiger partial charge is 0.325 e. The molecule has 1 amide bonds. The molecule has 1 aromatic heterocycles. The minimum atomic E-state index is -3.82. The largest absolute Gasteiger partial charge is 0.480 e. The summed E-state index contributed by atoms with van der Waals surface area (Å²) in [5, 5.41) is 24.8. The number of carbonyl (C=O) groups is 2. The minimum absolute atomic E-state index is 0.0346. The summed E-state index contributed by atoms with van der Waals surface area (Å²) in [5.74, 6) is -1.67. The molecular formula is C20H21N5O5S. The maximum absolute atomic E-state index is 12.8. The Bertz CT molecular complexity index is 1180. The average molecular weight is 443 g/mol. The van der Waals surface area contributed by atoms with Crippen LogP contribution < -0.4 is 10.5 Å². The summed E-state index contributed by atoms with van der Waals surface area (Å²) in [5.41, 5.74) is 1.86. The summed E-state index contributed by atoms with van der Waals surface area (Å²) in [6, 6.07) is 13.1. The van der Waals surface area contributed by atoms with Crippen molar-refractivity contribution in [1.82, 2.24) is 20.3 Å². The van der Waals surface area contributed by atoms with Gasteiger partial charge in [-0.25, -0.2) is 18.2 Å². The molecule has 3 aromatic rings. The van der Waals surface area contributed by atoms with Gasteiger partial charge in [0, 0.05) is 12.0 Å². The van der Waals surface area contributed by atoms with E-state index in [-0.39, 0.29) is 11.3 Å². The normalized spacial score (nSPS) is 13.4. The predicted molar refractivity (Wildman–Crippen MR) is 111 cm³/mol. The standard InChI is InChI=1S/C20H21N5O5S/c1-13(20(27)28)22-19(26)18(11-14-5-3-2-4-6-14)25-12-17(23-24-25)15-7-9-16(10-8-15)31(21,29)30/h2-10,12-13,18H,11H2,1H3,(H,22,26)(H,27,28)(H2,21,29,30). The van der Waals surface area contributed by atoms with Crippen LogP contribution in [0, 0.1) is 0 Å². The highest BCUT2D eigenvalue weighted by Gasteiger charge is 2.26. The number of nitrogens with two attached hydrogens (primary N) is 1. The fourth-order valence-corrected chi connectivity index (χ4v) is 3.41. The van der Waals surface area contributed by atoms with E-state index in [1.807, 2.05) is 30.3 Å². The van der Waals surface area contributed by atoms with E-state index in [0.717, 1.165) is 5.56 Å². The van der Waals surface area contributed by atoms with E-state index in [4.69, 9.17) is 10.2 Å². The lowest BCUT2D eigenvalue weighted by molar-refractivity contribution is -0.141. The number of carboxylic acids is 1. The SMILES string of the molecule is CC(NC(=O)C(Cc1ccccc1)n1cc(-c2ccc(S(N)(=O)=O)cc2)nn1)C(=O)O. The van der Waals surface area contributed by atoms with Crippen molar-refractivity contribution in [1.29, 1.82) is 0 Å². The summed E-state index contributed by atoms with van der Waals surface area (Å²) in [6.07, 6.45) is 1.82. The number of benzene rings is 2. The molecule has 0 saturated carbocycles. The first-order valence-corrected chi connectivity index (χ1v) is 10.8. The van der Waals surface area contributed by atoms with Crippen molar-refractivity contribution < 1.29 is 23.1 Å². The van der Waals surface area contributed by atoms with Crippen LogP contribution in [0.4, 0.5) is 0 Å². The number of hydrogen-bond donors (Lipinski definition) is 3. The number of rotatable bonds is 8. The first kappa shape index (κ1) is 22.1. The van der Waals surface area contributed by atoms with Crippen molar-refractivity contribution in [2.24, 2.45) is 5.14 Å². The Morgan fingerprint density at radius 1 is 1.13 bits per heavy atom. The van der Waals surface area contributed by atoms with Crippen LogP contribution in [-0.2, 0) is 26.0 Å². The summed E-state index contributed by atoms with van der Waals surface area (Å²) in [7, 11) is -3.82. The molecule has 0 radical (unpaired) electrons. The van der Waals surface area contributed by atoms with E-state index in [1.165, 1.54) is 35.9 Å². The van der Waals surface area contributed by atoms with Gasteiger partial charge in [-0.05, 0) is 24.6 Å². The van der Waals surface area contributed by atoms with Gasteiger partial charge in [0.25, 0.3) is 0 Å². The minimum Gasteiger partial charge on any atom is -0.480 e. The monoisotopic (exact) mass is 443 g/mol. The number of carboxylic acid groups (broad SMARTS) is 1. The van der Waals surface area contributed by atoms with Gasteiger partial charge in [0.1, 0.15) is 17.8 Å². The van der Waals surface area contributed by atoms with E-state index in [9.17, 15) is 18.0 Å².